The largest absolute Gasteiger partial charge is 0.351 e. The summed E-state index contributed by atoms with van der Waals surface area (Å²) in [6, 6.07) is 16.8. The zero-order valence-corrected chi connectivity index (χ0v) is 23.4. The van der Waals surface area contributed by atoms with Gasteiger partial charge < -0.3 is 21.0 Å². The topological polar surface area (TPSA) is 96.9 Å². The van der Waals surface area contributed by atoms with Gasteiger partial charge in [0.05, 0.1) is 6.33 Å². The van der Waals surface area contributed by atoms with Gasteiger partial charge in [-0.3, -0.25) is 0 Å². The SMILES string of the molecule is N[C@H]1CC[C@H](Nc2nc(NN3CCC(Cc4ccc5ccccc5c4)CC3)c3ncn(C4CCCC4)c3n2)CC1. The smallest absolute Gasteiger partial charge is 0.227 e. The molecule has 1 aliphatic heterocycles. The lowest BCUT2D eigenvalue weighted by Gasteiger charge is -2.32. The summed E-state index contributed by atoms with van der Waals surface area (Å²) >= 11 is 0. The van der Waals surface area contributed by atoms with Gasteiger partial charge in [-0.05, 0) is 80.0 Å². The normalized spacial score (nSPS) is 23.2. The predicted octanol–water partition coefficient (Wildman–Crippen LogP) is 6.06. The molecule has 2 aromatic carbocycles. The van der Waals surface area contributed by atoms with Crippen LogP contribution in [-0.4, -0.2) is 49.7 Å². The van der Waals surface area contributed by atoms with E-state index in [9.17, 15) is 0 Å². The molecule has 210 valence electrons. The van der Waals surface area contributed by atoms with E-state index in [2.05, 4.69) is 62.8 Å². The van der Waals surface area contributed by atoms with Gasteiger partial charge in [-0.25, -0.2) is 9.99 Å². The standard InChI is InChI=1S/C32H42N8/c33-26-11-13-27(14-12-26)35-32-36-30(29-31(37-32)40(21-34-29)28-7-3-4-8-28)38-39-17-15-22(16-18-39)19-23-9-10-24-5-1-2-6-25(24)20-23/h1-2,5-6,9-10,20-22,26-28H,3-4,7-8,11-19,33H2,(H2,35,36,37,38)/t26-,27-. The Morgan fingerprint density at radius 2 is 1.62 bits per heavy atom. The molecule has 0 amide bonds. The van der Waals surface area contributed by atoms with Crippen molar-refractivity contribution in [3.05, 3.63) is 54.4 Å². The second kappa shape index (κ2) is 11.3. The highest BCUT2D eigenvalue weighted by molar-refractivity contribution is 5.84. The number of aromatic nitrogens is 4. The maximum absolute atomic E-state index is 6.16. The molecular formula is C32H42N8. The first-order valence-electron chi connectivity index (χ1n) is 15.4. The van der Waals surface area contributed by atoms with Crippen LogP contribution in [0.1, 0.15) is 75.8 Å². The van der Waals surface area contributed by atoms with E-state index < -0.39 is 0 Å². The zero-order valence-electron chi connectivity index (χ0n) is 23.4. The minimum Gasteiger partial charge on any atom is -0.351 e. The number of nitrogens with one attached hydrogen (secondary N) is 2. The Morgan fingerprint density at radius 1 is 0.850 bits per heavy atom. The molecule has 0 bridgehead atoms. The minimum atomic E-state index is 0.326. The first kappa shape index (κ1) is 25.7. The van der Waals surface area contributed by atoms with Gasteiger partial charge in [0.15, 0.2) is 17.0 Å². The van der Waals surface area contributed by atoms with E-state index >= 15 is 0 Å². The molecule has 3 fully saturated rings. The molecule has 1 saturated heterocycles. The van der Waals surface area contributed by atoms with Crippen LogP contribution in [-0.2, 0) is 6.42 Å². The Labute approximate surface area is 236 Å². The molecule has 8 heteroatoms. The van der Waals surface area contributed by atoms with E-state index in [0.29, 0.717) is 30.0 Å². The molecule has 3 aliphatic rings. The van der Waals surface area contributed by atoms with Gasteiger partial charge in [0, 0.05) is 31.2 Å². The van der Waals surface area contributed by atoms with Crippen LogP contribution in [0.15, 0.2) is 48.8 Å². The van der Waals surface area contributed by atoms with Crippen molar-refractivity contribution in [1.82, 2.24) is 24.5 Å². The van der Waals surface area contributed by atoms with Crippen molar-refractivity contribution in [2.45, 2.75) is 88.8 Å². The van der Waals surface area contributed by atoms with Crippen LogP contribution < -0.4 is 16.5 Å². The van der Waals surface area contributed by atoms with Crippen LogP contribution in [0.4, 0.5) is 11.8 Å². The van der Waals surface area contributed by atoms with Crippen molar-refractivity contribution >= 4 is 33.7 Å². The molecule has 0 unspecified atom stereocenters. The molecule has 4 N–H and O–H groups in total. The van der Waals surface area contributed by atoms with Gasteiger partial charge in [0.1, 0.15) is 0 Å². The number of piperidine rings is 1. The number of nitrogens with zero attached hydrogens (tertiary/aromatic N) is 5. The first-order valence-corrected chi connectivity index (χ1v) is 15.4. The molecule has 2 aromatic heterocycles. The molecule has 8 nitrogen and oxygen atoms in total. The Kier molecular flexibility index (Phi) is 7.29. The first-order chi connectivity index (χ1) is 19.7. The number of hydrogen-bond donors (Lipinski definition) is 3. The lowest BCUT2D eigenvalue weighted by Crippen LogP contribution is -2.39. The lowest BCUT2D eigenvalue weighted by molar-refractivity contribution is 0.216. The zero-order chi connectivity index (χ0) is 26.9. The van der Waals surface area contributed by atoms with Crippen molar-refractivity contribution in [1.29, 1.82) is 0 Å². The molecule has 0 atom stereocenters. The molecule has 2 saturated carbocycles. The average molecular weight is 539 g/mol. The summed E-state index contributed by atoms with van der Waals surface area (Å²) in [6.45, 7) is 1.99. The highest BCUT2D eigenvalue weighted by Gasteiger charge is 2.26. The number of nitrogens with two attached hydrogens (primary N) is 1. The van der Waals surface area contributed by atoms with E-state index in [1.807, 2.05) is 6.33 Å². The third-order valence-electron chi connectivity index (χ3n) is 9.46. The van der Waals surface area contributed by atoms with Gasteiger partial charge in [0.2, 0.25) is 5.95 Å². The summed E-state index contributed by atoms with van der Waals surface area (Å²) in [4.78, 5) is 14.8. The van der Waals surface area contributed by atoms with Crippen molar-refractivity contribution < 1.29 is 0 Å². The van der Waals surface area contributed by atoms with Crippen molar-refractivity contribution in [3.63, 3.8) is 0 Å². The molecule has 3 heterocycles. The van der Waals surface area contributed by atoms with Crippen LogP contribution in [0.2, 0.25) is 0 Å². The Morgan fingerprint density at radius 3 is 2.42 bits per heavy atom. The molecule has 7 rings (SSSR count). The van der Waals surface area contributed by atoms with Crippen LogP contribution in [0.3, 0.4) is 0 Å². The summed E-state index contributed by atoms with van der Waals surface area (Å²) in [7, 11) is 0. The summed E-state index contributed by atoms with van der Waals surface area (Å²) in [6.07, 6.45) is 14.7. The molecule has 2 aliphatic carbocycles. The molecule has 40 heavy (non-hydrogen) atoms. The van der Waals surface area contributed by atoms with E-state index in [1.165, 1.54) is 42.0 Å². The summed E-state index contributed by atoms with van der Waals surface area (Å²) in [5, 5.41) is 8.63. The Bertz CT molecular complexity index is 1440. The second-order valence-corrected chi connectivity index (χ2v) is 12.3. The van der Waals surface area contributed by atoms with Crippen molar-refractivity contribution in [2.24, 2.45) is 11.7 Å². The summed E-state index contributed by atoms with van der Waals surface area (Å²) in [5.74, 6) is 2.23. The third kappa shape index (κ3) is 5.52. The maximum Gasteiger partial charge on any atom is 0.227 e. The van der Waals surface area contributed by atoms with Gasteiger partial charge in [-0.15, -0.1) is 0 Å². The number of hydrogen-bond acceptors (Lipinski definition) is 7. The van der Waals surface area contributed by atoms with Gasteiger partial charge in [-0.2, -0.15) is 9.97 Å². The Balaban J connectivity index is 1.06. The highest BCUT2D eigenvalue weighted by Crippen LogP contribution is 2.34. The summed E-state index contributed by atoms with van der Waals surface area (Å²) < 4.78 is 2.30. The van der Waals surface area contributed by atoms with Crippen molar-refractivity contribution in [2.75, 3.05) is 23.8 Å². The molecular weight excluding hydrogens is 496 g/mol. The minimum absolute atomic E-state index is 0.326. The predicted molar refractivity (Wildman–Crippen MR) is 162 cm³/mol. The molecule has 0 radical (unpaired) electrons. The number of rotatable bonds is 7. The quantitative estimate of drug-likeness (QED) is 0.263. The van der Waals surface area contributed by atoms with E-state index in [0.717, 1.165) is 75.0 Å². The molecule has 4 aromatic rings. The van der Waals surface area contributed by atoms with E-state index in [-0.39, 0.29) is 0 Å². The number of anilines is 2. The number of hydrazine groups is 1. The Hall–Kier alpha value is -3.23. The molecule has 0 spiro atoms. The maximum atomic E-state index is 6.16. The van der Waals surface area contributed by atoms with Crippen LogP contribution in [0.25, 0.3) is 21.9 Å². The van der Waals surface area contributed by atoms with Crippen LogP contribution in [0, 0.1) is 5.92 Å². The van der Waals surface area contributed by atoms with Crippen molar-refractivity contribution in [3.8, 4) is 0 Å². The van der Waals surface area contributed by atoms with Gasteiger partial charge >= 0.3 is 0 Å². The fourth-order valence-electron chi connectivity index (χ4n) is 7.05. The highest BCUT2D eigenvalue weighted by atomic mass is 15.5. The monoisotopic (exact) mass is 538 g/mol. The van der Waals surface area contributed by atoms with Crippen LogP contribution in [0.5, 0.6) is 0 Å². The number of fused-ring (bicyclic) bond motifs is 2. The van der Waals surface area contributed by atoms with Crippen LogP contribution >= 0.6 is 0 Å². The lowest BCUT2D eigenvalue weighted by atomic mass is 9.90. The summed E-state index contributed by atoms with van der Waals surface area (Å²) in [5.41, 5.74) is 13.1. The average Bonchev–Trinajstić information content (AvgIpc) is 3.66. The fourth-order valence-corrected chi connectivity index (χ4v) is 7.05. The number of benzene rings is 2. The van der Waals surface area contributed by atoms with E-state index in [4.69, 9.17) is 20.7 Å². The second-order valence-electron chi connectivity index (χ2n) is 12.3. The van der Waals surface area contributed by atoms with E-state index in [1.54, 1.807) is 0 Å². The van der Waals surface area contributed by atoms with Gasteiger partial charge in [0.25, 0.3) is 0 Å². The number of imidazole rings is 1. The third-order valence-corrected chi connectivity index (χ3v) is 9.46. The fraction of sp³-hybridized carbons (Fsp3) is 0.531. The van der Waals surface area contributed by atoms with Gasteiger partial charge in [-0.1, -0.05) is 55.3 Å².